The molecule has 42 heavy (non-hydrogen) atoms. The van der Waals surface area contributed by atoms with Crippen LogP contribution < -0.4 is 11.1 Å². The number of carbonyl (C=O) groups is 4. The van der Waals surface area contributed by atoms with Crippen LogP contribution in [0.4, 0.5) is 4.79 Å². The third kappa shape index (κ3) is 6.77. The van der Waals surface area contributed by atoms with Crippen LogP contribution in [0.5, 0.6) is 0 Å². The van der Waals surface area contributed by atoms with Gasteiger partial charge in [0, 0.05) is 30.3 Å². The summed E-state index contributed by atoms with van der Waals surface area (Å²) in [6.07, 6.45) is 2.28. The van der Waals surface area contributed by atoms with Gasteiger partial charge >= 0.3 is 12.1 Å². The van der Waals surface area contributed by atoms with Crippen LogP contribution in [0, 0.1) is 18.8 Å². The fourth-order valence-corrected chi connectivity index (χ4v) is 6.84. The Morgan fingerprint density at radius 2 is 1.64 bits per heavy atom. The van der Waals surface area contributed by atoms with Crippen molar-refractivity contribution < 1.29 is 29.0 Å². The summed E-state index contributed by atoms with van der Waals surface area (Å²) in [4.78, 5) is 53.3. The molecule has 0 spiro atoms. The zero-order chi connectivity index (χ0) is 30.8. The number of alkyl carbamates (subject to hydrolysis) is 1. The molecule has 1 aliphatic heterocycles. The Balaban J connectivity index is 1.58. The summed E-state index contributed by atoms with van der Waals surface area (Å²) >= 11 is 0. The van der Waals surface area contributed by atoms with E-state index in [1.165, 1.54) is 0 Å². The molecule has 9 nitrogen and oxygen atoms in total. The Morgan fingerprint density at radius 1 is 1.00 bits per heavy atom. The quantitative estimate of drug-likeness (QED) is 0.424. The summed E-state index contributed by atoms with van der Waals surface area (Å²) < 4.78 is 5.39. The molecular weight excluding hydrogens is 534 g/mol. The number of carboxylic acids is 1. The van der Waals surface area contributed by atoms with Gasteiger partial charge in [-0.2, -0.15) is 0 Å². The first-order chi connectivity index (χ1) is 19.8. The molecule has 1 saturated heterocycles. The molecule has 2 aliphatic rings. The van der Waals surface area contributed by atoms with E-state index < -0.39 is 41.4 Å². The van der Waals surface area contributed by atoms with Gasteiger partial charge < -0.3 is 25.8 Å². The first-order valence-corrected chi connectivity index (χ1v) is 14.8. The smallest absolute Gasteiger partial charge is 0.407 e. The number of likely N-dealkylation sites (tertiary alicyclic amines) is 1. The second kappa shape index (κ2) is 12.5. The molecule has 1 aliphatic carbocycles. The Labute approximate surface area is 247 Å². The number of carboxylic acid groups (broad SMARTS) is 1. The van der Waals surface area contributed by atoms with Crippen molar-refractivity contribution in [3.8, 4) is 0 Å². The Bertz CT molecular complexity index is 1310. The topological polar surface area (TPSA) is 139 Å². The van der Waals surface area contributed by atoms with Gasteiger partial charge in [-0.3, -0.25) is 9.59 Å². The molecule has 1 saturated carbocycles. The average molecular weight is 578 g/mol. The molecule has 4 N–H and O–H groups in total. The maximum atomic E-state index is 14.1. The van der Waals surface area contributed by atoms with Crippen molar-refractivity contribution in [3.63, 3.8) is 0 Å². The number of rotatable bonds is 7. The Kier molecular flexibility index (Phi) is 9.28. The van der Waals surface area contributed by atoms with E-state index in [1.807, 2.05) is 71.0 Å². The monoisotopic (exact) mass is 577 g/mol. The highest BCUT2D eigenvalue weighted by molar-refractivity contribution is 5.92. The molecule has 0 aromatic heterocycles. The molecule has 3 amide bonds. The highest BCUT2D eigenvalue weighted by Gasteiger charge is 2.50. The lowest BCUT2D eigenvalue weighted by Crippen LogP contribution is -2.49. The fourth-order valence-electron chi connectivity index (χ4n) is 6.84. The van der Waals surface area contributed by atoms with Gasteiger partial charge in [-0.05, 0) is 89.0 Å². The van der Waals surface area contributed by atoms with Crippen molar-refractivity contribution in [1.82, 2.24) is 10.2 Å². The number of amides is 3. The molecule has 2 unspecified atom stereocenters. The van der Waals surface area contributed by atoms with Gasteiger partial charge in [0.2, 0.25) is 11.8 Å². The zero-order valence-corrected chi connectivity index (χ0v) is 25.1. The number of benzene rings is 2. The third-order valence-corrected chi connectivity index (χ3v) is 8.76. The van der Waals surface area contributed by atoms with Crippen LogP contribution >= 0.6 is 0 Å². The van der Waals surface area contributed by atoms with Crippen LogP contribution in [0.25, 0.3) is 0 Å². The van der Waals surface area contributed by atoms with E-state index in [2.05, 4.69) is 5.32 Å². The SMILES string of the molecule is Cc1cccc(C(=O)O)c1C1CN(C(=O)C2CCC(C(C)NC(=O)OC(C)(C)C)CC2)[C@H](C(N)=O)[C@@H]1c1ccccc1. The third-order valence-electron chi connectivity index (χ3n) is 8.76. The Hall–Kier alpha value is -3.88. The first-order valence-electron chi connectivity index (χ1n) is 14.8. The minimum absolute atomic E-state index is 0.108. The van der Waals surface area contributed by atoms with Crippen LogP contribution in [0.1, 0.15) is 92.3 Å². The molecule has 2 aromatic carbocycles. The normalized spacial score (nSPS) is 25.0. The standard InChI is InChI=1S/C33H43N3O6/c1-19-10-9-13-24(31(39)40)26(19)25-18-36(28(29(34)37)27(25)22-11-7-6-8-12-22)30(38)23-16-14-21(15-17-23)20(2)35-32(41)42-33(3,4)5/h6-13,20-21,23,25,27-28H,14-18H2,1-5H3,(H2,34,37)(H,35,41)(H,39,40)/t20?,21?,23?,25?,27-,28+/m1/s1. The second-order valence-electron chi connectivity index (χ2n) is 12.8. The van der Waals surface area contributed by atoms with E-state index in [0.29, 0.717) is 18.4 Å². The van der Waals surface area contributed by atoms with Crippen LogP contribution in [-0.4, -0.2) is 58.1 Å². The Morgan fingerprint density at radius 3 is 2.21 bits per heavy atom. The van der Waals surface area contributed by atoms with Crippen molar-refractivity contribution in [1.29, 1.82) is 0 Å². The number of aromatic carboxylic acids is 1. The van der Waals surface area contributed by atoms with E-state index in [9.17, 15) is 24.3 Å². The molecule has 2 fully saturated rings. The molecular formula is C33H43N3O6. The van der Waals surface area contributed by atoms with Crippen molar-refractivity contribution in [2.45, 2.75) is 89.8 Å². The van der Waals surface area contributed by atoms with E-state index >= 15 is 0 Å². The minimum Gasteiger partial charge on any atom is -0.478 e. The van der Waals surface area contributed by atoms with Crippen molar-refractivity contribution in [3.05, 3.63) is 70.8 Å². The first kappa shape index (κ1) is 31.1. The maximum Gasteiger partial charge on any atom is 0.407 e. The van der Waals surface area contributed by atoms with Gasteiger partial charge in [-0.15, -0.1) is 0 Å². The summed E-state index contributed by atoms with van der Waals surface area (Å²) in [5, 5.41) is 13.0. The summed E-state index contributed by atoms with van der Waals surface area (Å²) in [7, 11) is 0. The van der Waals surface area contributed by atoms with Gasteiger partial charge in [-0.1, -0.05) is 42.5 Å². The van der Waals surface area contributed by atoms with Crippen LogP contribution in [0.3, 0.4) is 0 Å². The molecule has 4 rings (SSSR count). The number of carbonyl (C=O) groups excluding carboxylic acids is 3. The molecule has 2 aromatic rings. The molecule has 4 atom stereocenters. The van der Waals surface area contributed by atoms with Crippen LogP contribution in [-0.2, 0) is 14.3 Å². The van der Waals surface area contributed by atoms with E-state index in [-0.39, 0.29) is 35.9 Å². The minimum atomic E-state index is -1.05. The summed E-state index contributed by atoms with van der Waals surface area (Å²) in [6.45, 7) is 9.48. The number of primary amides is 1. The van der Waals surface area contributed by atoms with Gasteiger partial charge in [0.25, 0.3) is 0 Å². The van der Waals surface area contributed by atoms with Crippen LogP contribution in [0.15, 0.2) is 48.5 Å². The molecule has 0 bridgehead atoms. The largest absolute Gasteiger partial charge is 0.478 e. The number of ether oxygens (including phenoxy) is 1. The number of hydrogen-bond donors (Lipinski definition) is 3. The van der Waals surface area contributed by atoms with E-state index in [1.54, 1.807) is 17.0 Å². The fraction of sp³-hybridized carbons (Fsp3) is 0.515. The highest BCUT2D eigenvalue weighted by Crippen LogP contribution is 2.47. The molecule has 226 valence electrons. The van der Waals surface area contributed by atoms with Crippen molar-refractivity contribution >= 4 is 23.9 Å². The van der Waals surface area contributed by atoms with Crippen molar-refractivity contribution in [2.24, 2.45) is 17.6 Å². The highest BCUT2D eigenvalue weighted by atomic mass is 16.6. The molecule has 0 radical (unpaired) electrons. The molecule has 9 heteroatoms. The number of hydrogen-bond acceptors (Lipinski definition) is 5. The zero-order valence-electron chi connectivity index (χ0n) is 25.1. The summed E-state index contributed by atoms with van der Waals surface area (Å²) in [5.41, 5.74) is 7.87. The lowest BCUT2D eigenvalue weighted by atomic mass is 9.77. The summed E-state index contributed by atoms with van der Waals surface area (Å²) in [5.74, 6) is -2.78. The van der Waals surface area contributed by atoms with Gasteiger partial charge in [0.1, 0.15) is 11.6 Å². The second-order valence-corrected chi connectivity index (χ2v) is 12.8. The van der Waals surface area contributed by atoms with Gasteiger partial charge in [-0.25, -0.2) is 9.59 Å². The van der Waals surface area contributed by atoms with Crippen molar-refractivity contribution in [2.75, 3.05) is 6.54 Å². The predicted molar refractivity (Wildman–Crippen MR) is 159 cm³/mol. The average Bonchev–Trinajstić information content (AvgIpc) is 3.32. The van der Waals surface area contributed by atoms with E-state index in [4.69, 9.17) is 10.5 Å². The number of nitrogens with zero attached hydrogens (tertiary/aromatic N) is 1. The van der Waals surface area contributed by atoms with Gasteiger partial charge in [0.15, 0.2) is 0 Å². The van der Waals surface area contributed by atoms with E-state index in [0.717, 1.165) is 24.0 Å². The predicted octanol–water partition coefficient (Wildman–Crippen LogP) is 4.98. The lowest BCUT2D eigenvalue weighted by molar-refractivity contribution is -0.142. The maximum absolute atomic E-state index is 14.1. The molecule has 1 heterocycles. The van der Waals surface area contributed by atoms with Gasteiger partial charge in [0.05, 0.1) is 5.56 Å². The van der Waals surface area contributed by atoms with Crippen LogP contribution in [0.2, 0.25) is 0 Å². The number of nitrogens with one attached hydrogen (secondary N) is 1. The lowest BCUT2D eigenvalue weighted by Gasteiger charge is -2.35. The number of nitrogens with two attached hydrogens (primary N) is 1. The summed E-state index contributed by atoms with van der Waals surface area (Å²) in [6, 6.07) is 13.6. The number of aryl methyl sites for hydroxylation is 1.